The van der Waals surface area contributed by atoms with Crippen LogP contribution in [0.2, 0.25) is 0 Å². The van der Waals surface area contributed by atoms with Crippen molar-refractivity contribution in [2.24, 2.45) is 0 Å². The number of benzene rings is 6. The van der Waals surface area contributed by atoms with Crippen LogP contribution in [0, 0.1) is 0 Å². The van der Waals surface area contributed by atoms with Crippen molar-refractivity contribution in [1.82, 2.24) is 0 Å². The monoisotopic (exact) mass is 618 g/mol. The van der Waals surface area contributed by atoms with Crippen LogP contribution in [0.25, 0.3) is 0 Å². The number of para-hydroxylation sites is 2. The van der Waals surface area contributed by atoms with Crippen LogP contribution in [0.4, 0.5) is 11.4 Å². The summed E-state index contributed by atoms with van der Waals surface area (Å²) in [6.07, 6.45) is 0. The zero-order chi connectivity index (χ0) is 33.0. The number of nitrogens with two attached hydrogens (primary N) is 2. The van der Waals surface area contributed by atoms with Crippen molar-refractivity contribution in [3.63, 3.8) is 0 Å². The lowest BCUT2D eigenvalue weighted by atomic mass is 9.77. The van der Waals surface area contributed by atoms with E-state index in [2.05, 4.69) is 13.8 Å². The number of hydrogen-bond acceptors (Lipinski definition) is 6. The van der Waals surface area contributed by atoms with Crippen LogP contribution < -0.4 is 20.9 Å². The van der Waals surface area contributed by atoms with E-state index in [1.165, 1.54) is 0 Å². The Labute approximate surface area is 274 Å². The minimum absolute atomic E-state index is 0.111. The molecule has 6 aromatic carbocycles. The maximum Gasteiger partial charge on any atom is 0.193 e. The first-order chi connectivity index (χ1) is 22.7. The summed E-state index contributed by atoms with van der Waals surface area (Å²) in [5.41, 5.74) is 16.9. The van der Waals surface area contributed by atoms with Gasteiger partial charge in [0.05, 0.1) is 11.4 Å². The van der Waals surface area contributed by atoms with Crippen molar-refractivity contribution in [2.45, 2.75) is 19.3 Å². The van der Waals surface area contributed by atoms with Crippen LogP contribution in [0.3, 0.4) is 0 Å². The fraction of sp³-hybridized carbons (Fsp3) is 0.0732. The molecule has 47 heavy (non-hydrogen) atoms. The fourth-order valence-corrected chi connectivity index (χ4v) is 5.60. The number of nitrogen functional groups attached to an aromatic ring is 2. The topological polar surface area (TPSA) is 105 Å². The van der Waals surface area contributed by atoms with Gasteiger partial charge in [-0.25, -0.2) is 0 Å². The summed E-state index contributed by atoms with van der Waals surface area (Å²) < 4.78 is 12.8. The number of carbonyl (C=O) groups is 2. The van der Waals surface area contributed by atoms with Gasteiger partial charge in [0, 0.05) is 38.8 Å². The third-order valence-corrected chi connectivity index (χ3v) is 8.18. The lowest BCUT2D eigenvalue weighted by Gasteiger charge is -2.30. The highest BCUT2D eigenvalue weighted by atomic mass is 16.5. The number of anilines is 2. The van der Waals surface area contributed by atoms with E-state index in [1.54, 1.807) is 60.7 Å². The largest absolute Gasteiger partial charge is 0.455 e. The molecule has 0 spiro atoms. The van der Waals surface area contributed by atoms with Gasteiger partial charge < -0.3 is 20.9 Å². The van der Waals surface area contributed by atoms with Gasteiger partial charge in [-0.1, -0.05) is 111 Å². The number of rotatable bonds is 10. The maximum atomic E-state index is 13.0. The highest BCUT2D eigenvalue weighted by Crippen LogP contribution is 2.44. The maximum absolute atomic E-state index is 13.0. The molecule has 0 bridgehead atoms. The van der Waals surface area contributed by atoms with E-state index in [9.17, 15) is 9.59 Å². The Kier molecular flexibility index (Phi) is 8.58. The normalized spacial score (nSPS) is 11.1. The van der Waals surface area contributed by atoms with Crippen molar-refractivity contribution in [1.29, 1.82) is 0 Å². The second kappa shape index (κ2) is 13.1. The predicted octanol–water partition coefficient (Wildman–Crippen LogP) is 9.22. The van der Waals surface area contributed by atoms with Gasteiger partial charge in [0.25, 0.3) is 0 Å². The van der Waals surface area contributed by atoms with Gasteiger partial charge in [-0.2, -0.15) is 0 Å². The standard InChI is InChI=1S/C41H34N2O4/c1-41(2,31-17-9-11-19-35(31)46-37-23-21-29(25-33(37)42)39(44)27-13-5-3-6-14-27)32-18-10-12-20-36(32)47-38-24-22-30(26-34(38)43)40(45)28-15-7-4-8-16-28/h3-26H,42-43H2,1-2H3. The van der Waals surface area contributed by atoms with E-state index in [1.807, 2.05) is 84.9 Å². The summed E-state index contributed by atoms with van der Waals surface area (Å²) in [7, 11) is 0. The molecule has 0 heterocycles. The first-order valence-corrected chi connectivity index (χ1v) is 15.3. The van der Waals surface area contributed by atoms with E-state index < -0.39 is 5.41 Å². The number of ether oxygens (including phenoxy) is 2. The second-order valence-corrected chi connectivity index (χ2v) is 11.7. The van der Waals surface area contributed by atoms with Crippen molar-refractivity contribution in [2.75, 3.05) is 11.5 Å². The van der Waals surface area contributed by atoms with Crippen LogP contribution >= 0.6 is 0 Å². The summed E-state index contributed by atoms with van der Waals surface area (Å²) in [5.74, 6) is 1.90. The number of ketones is 2. The first-order valence-electron chi connectivity index (χ1n) is 15.3. The molecule has 4 N–H and O–H groups in total. The highest BCUT2D eigenvalue weighted by Gasteiger charge is 2.30. The SMILES string of the molecule is CC(C)(c1ccccc1Oc1ccc(C(=O)c2ccccc2)cc1N)c1ccccc1Oc1ccc(C(=O)c2ccccc2)cc1N. The molecule has 6 aromatic rings. The zero-order valence-corrected chi connectivity index (χ0v) is 26.1. The van der Waals surface area contributed by atoms with E-state index >= 15 is 0 Å². The van der Waals surface area contributed by atoms with Crippen LogP contribution in [0.5, 0.6) is 23.0 Å². The second-order valence-electron chi connectivity index (χ2n) is 11.7. The van der Waals surface area contributed by atoms with E-state index in [-0.39, 0.29) is 11.6 Å². The predicted molar refractivity (Wildman–Crippen MR) is 187 cm³/mol. The summed E-state index contributed by atoms with van der Waals surface area (Å²) >= 11 is 0. The molecule has 6 rings (SSSR count). The van der Waals surface area contributed by atoms with Crippen molar-refractivity contribution < 1.29 is 19.1 Å². The smallest absolute Gasteiger partial charge is 0.193 e. The van der Waals surface area contributed by atoms with Crippen LogP contribution in [-0.4, -0.2) is 11.6 Å². The molecular weight excluding hydrogens is 584 g/mol. The van der Waals surface area contributed by atoms with Crippen LogP contribution in [0.1, 0.15) is 56.8 Å². The molecule has 232 valence electrons. The third kappa shape index (κ3) is 6.49. The van der Waals surface area contributed by atoms with Gasteiger partial charge in [-0.3, -0.25) is 9.59 Å². The molecule has 0 saturated carbocycles. The zero-order valence-electron chi connectivity index (χ0n) is 26.1. The molecule has 0 atom stereocenters. The van der Waals surface area contributed by atoms with Gasteiger partial charge in [0.15, 0.2) is 11.6 Å². The Balaban J connectivity index is 1.27. The van der Waals surface area contributed by atoms with E-state index in [4.69, 9.17) is 20.9 Å². The molecular formula is C41H34N2O4. The highest BCUT2D eigenvalue weighted by molar-refractivity contribution is 6.10. The molecule has 0 aliphatic heterocycles. The Morgan fingerprint density at radius 3 is 1.19 bits per heavy atom. The number of carbonyl (C=O) groups excluding carboxylic acids is 2. The Bertz CT molecular complexity index is 1920. The summed E-state index contributed by atoms with van der Waals surface area (Å²) in [5, 5.41) is 0. The first kappa shape index (κ1) is 30.9. The van der Waals surface area contributed by atoms with Crippen LogP contribution in [-0.2, 0) is 5.41 Å². The summed E-state index contributed by atoms with van der Waals surface area (Å²) in [4.78, 5) is 25.9. The quantitative estimate of drug-likeness (QED) is 0.117. The Morgan fingerprint density at radius 2 is 0.809 bits per heavy atom. The third-order valence-electron chi connectivity index (χ3n) is 8.18. The molecule has 0 aromatic heterocycles. The van der Waals surface area contributed by atoms with Crippen molar-refractivity contribution in [3.8, 4) is 23.0 Å². The minimum Gasteiger partial charge on any atom is -0.455 e. The molecule has 0 fully saturated rings. The Morgan fingerprint density at radius 1 is 0.447 bits per heavy atom. The molecule has 0 amide bonds. The molecule has 0 aliphatic rings. The molecule has 0 saturated heterocycles. The van der Waals surface area contributed by atoms with Crippen molar-refractivity contribution in [3.05, 3.63) is 179 Å². The Hall–Kier alpha value is -6.14. The average molecular weight is 619 g/mol. The van der Waals surface area contributed by atoms with E-state index in [0.29, 0.717) is 56.6 Å². The average Bonchev–Trinajstić information content (AvgIpc) is 3.10. The molecule has 0 aliphatic carbocycles. The molecule has 0 unspecified atom stereocenters. The van der Waals surface area contributed by atoms with Gasteiger partial charge in [-0.05, 0) is 48.5 Å². The minimum atomic E-state index is -0.594. The molecule has 0 radical (unpaired) electrons. The van der Waals surface area contributed by atoms with Gasteiger partial charge in [0.2, 0.25) is 0 Å². The fourth-order valence-electron chi connectivity index (χ4n) is 5.60. The van der Waals surface area contributed by atoms with Crippen LogP contribution in [0.15, 0.2) is 146 Å². The van der Waals surface area contributed by atoms with E-state index in [0.717, 1.165) is 11.1 Å². The molecule has 6 heteroatoms. The summed E-state index contributed by atoms with van der Waals surface area (Å²) in [6, 6.07) is 43.9. The van der Waals surface area contributed by atoms with Gasteiger partial charge >= 0.3 is 0 Å². The summed E-state index contributed by atoms with van der Waals surface area (Å²) in [6.45, 7) is 4.18. The molecule has 6 nitrogen and oxygen atoms in total. The number of hydrogen-bond donors (Lipinski definition) is 2. The lowest BCUT2D eigenvalue weighted by molar-refractivity contribution is 0.103. The van der Waals surface area contributed by atoms with Crippen molar-refractivity contribution >= 4 is 22.9 Å². The van der Waals surface area contributed by atoms with Gasteiger partial charge in [-0.15, -0.1) is 0 Å². The van der Waals surface area contributed by atoms with Gasteiger partial charge in [0.1, 0.15) is 23.0 Å². The lowest BCUT2D eigenvalue weighted by Crippen LogP contribution is -2.20.